The number of allylic oxidation sites excluding steroid dienone is 2. The molecule has 5 heteroatoms. The summed E-state index contributed by atoms with van der Waals surface area (Å²) in [5.41, 5.74) is 1.80. The van der Waals surface area contributed by atoms with Crippen LogP contribution in [0.2, 0.25) is 0 Å². The Hall–Kier alpha value is -3.34. The number of fused-ring (bicyclic) bond motifs is 2. The number of benzene rings is 2. The Bertz CT molecular complexity index is 1110. The van der Waals surface area contributed by atoms with E-state index in [1.165, 1.54) is 6.21 Å². The molecule has 0 unspecified atom stereocenters. The molecule has 5 nitrogen and oxygen atoms in total. The Morgan fingerprint density at radius 1 is 0.893 bits per heavy atom. The molecule has 0 aromatic heterocycles. The lowest BCUT2D eigenvalue weighted by Crippen LogP contribution is -2.26. The second-order valence-corrected chi connectivity index (χ2v) is 7.99. The van der Waals surface area contributed by atoms with Gasteiger partial charge in [-0.3, -0.25) is 19.4 Å². The monoisotopic (exact) mass is 373 g/mol. The molecule has 0 saturated carbocycles. The standard InChI is InChI=1S/C23H19NO4/c1-23(2)10-19(25)18(20(26)11-23)12-24-13-7-8-16-17(9-13)22(28)15-6-4-3-5-14(15)21(16)27/h3-9,12,25H,10-11H2,1-2H3. The molecule has 0 bridgehead atoms. The molecule has 4 rings (SSSR count). The van der Waals surface area contributed by atoms with Crippen LogP contribution in [0.3, 0.4) is 0 Å². The van der Waals surface area contributed by atoms with Crippen LogP contribution in [0.1, 0.15) is 58.5 Å². The van der Waals surface area contributed by atoms with E-state index < -0.39 is 0 Å². The van der Waals surface area contributed by atoms with Crippen molar-refractivity contribution in [1.82, 2.24) is 0 Å². The third-order valence-electron chi connectivity index (χ3n) is 5.15. The van der Waals surface area contributed by atoms with Crippen molar-refractivity contribution in [1.29, 1.82) is 0 Å². The minimum absolute atomic E-state index is 0.0307. The van der Waals surface area contributed by atoms with Crippen LogP contribution in [0.5, 0.6) is 0 Å². The van der Waals surface area contributed by atoms with Crippen molar-refractivity contribution in [2.24, 2.45) is 10.4 Å². The molecule has 0 aliphatic heterocycles. The second-order valence-electron chi connectivity index (χ2n) is 7.99. The normalized spacial score (nSPS) is 18.4. The van der Waals surface area contributed by atoms with E-state index in [4.69, 9.17) is 0 Å². The van der Waals surface area contributed by atoms with E-state index in [1.807, 2.05) is 13.8 Å². The quantitative estimate of drug-likeness (QED) is 0.676. The predicted octanol–water partition coefficient (Wildman–Crippen LogP) is 4.37. The Labute approximate surface area is 162 Å². The van der Waals surface area contributed by atoms with Crippen LogP contribution in [0.15, 0.2) is 58.8 Å². The molecule has 140 valence electrons. The summed E-state index contributed by atoms with van der Waals surface area (Å²) in [6, 6.07) is 11.5. The number of nitrogens with zero attached hydrogens (tertiary/aromatic N) is 1. The molecule has 0 amide bonds. The molecule has 0 atom stereocenters. The van der Waals surface area contributed by atoms with Gasteiger partial charge in [0.1, 0.15) is 5.76 Å². The highest BCUT2D eigenvalue weighted by atomic mass is 16.3. The molecule has 28 heavy (non-hydrogen) atoms. The average Bonchev–Trinajstić information content (AvgIpc) is 2.64. The Morgan fingerprint density at radius 3 is 2.14 bits per heavy atom. The number of aliphatic hydroxyl groups is 1. The fraction of sp³-hybridized carbons (Fsp3) is 0.217. The van der Waals surface area contributed by atoms with E-state index >= 15 is 0 Å². The van der Waals surface area contributed by atoms with Gasteiger partial charge in [-0.1, -0.05) is 38.1 Å². The van der Waals surface area contributed by atoms with Crippen LogP contribution < -0.4 is 0 Å². The minimum Gasteiger partial charge on any atom is -0.511 e. The number of hydrogen-bond donors (Lipinski definition) is 1. The van der Waals surface area contributed by atoms with Gasteiger partial charge in [-0.05, 0) is 23.6 Å². The van der Waals surface area contributed by atoms with Gasteiger partial charge >= 0.3 is 0 Å². The number of Topliss-reactive ketones (excluding diaryl/α,β-unsaturated/α-hetero) is 1. The van der Waals surface area contributed by atoms with Gasteiger partial charge in [0.25, 0.3) is 0 Å². The first-order chi connectivity index (χ1) is 13.3. The van der Waals surface area contributed by atoms with Gasteiger partial charge in [-0.15, -0.1) is 0 Å². The zero-order chi connectivity index (χ0) is 20.1. The molecule has 0 radical (unpaired) electrons. The maximum absolute atomic E-state index is 12.8. The van der Waals surface area contributed by atoms with Crippen LogP contribution >= 0.6 is 0 Å². The lowest BCUT2D eigenvalue weighted by molar-refractivity contribution is -0.117. The highest BCUT2D eigenvalue weighted by Crippen LogP contribution is 2.35. The fourth-order valence-electron chi connectivity index (χ4n) is 3.76. The Balaban J connectivity index is 1.69. The minimum atomic E-state index is -0.273. The van der Waals surface area contributed by atoms with Gasteiger partial charge in [0.2, 0.25) is 0 Å². The number of carbonyl (C=O) groups is 3. The van der Waals surface area contributed by atoms with Crippen molar-refractivity contribution in [2.75, 3.05) is 0 Å². The molecule has 2 aromatic rings. The molecule has 0 saturated heterocycles. The average molecular weight is 373 g/mol. The first-order valence-corrected chi connectivity index (χ1v) is 9.09. The van der Waals surface area contributed by atoms with Gasteiger partial charge in [0.05, 0.1) is 11.3 Å². The third-order valence-corrected chi connectivity index (χ3v) is 5.15. The maximum atomic E-state index is 12.8. The summed E-state index contributed by atoms with van der Waals surface area (Å²) in [6.07, 6.45) is 2.10. The smallest absolute Gasteiger partial charge is 0.194 e. The van der Waals surface area contributed by atoms with Crippen LogP contribution in [-0.4, -0.2) is 28.7 Å². The van der Waals surface area contributed by atoms with E-state index in [9.17, 15) is 19.5 Å². The number of aliphatic imine (C=N–C) groups is 1. The Morgan fingerprint density at radius 2 is 1.50 bits per heavy atom. The first kappa shape index (κ1) is 18.0. The van der Waals surface area contributed by atoms with Gasteiger partial charge < -0.3 is 5.11 Å². The van der Waals surface area contributed by atoms with Crippen LogP contribution in [-0.2, 0) is 4.79 Å². The molecule has 0 heterocycles. The number of carbonyl (C=O) groups excluding carboxylic acids is 3. The number of rotatable bonds is 2. The van der Waals surface area contributed by atoms with Crippen molar-refractivity contribution < 1.29 is 19.5 Å². The van der Waals surface area contributed by atoms with E-state index in [0.717, 1.165) is 0 Å². The zero-order valence-electron chi connectivity index (χ0n) is 15.7. The van der Waals surface area contributed by atoms with Gasteiger partial charge in [-0.2, -0.15) is 0 Å². The van der Waals surface area contributed by atoms with Crippen molar-refractivity contribution in [3.8, 4) is 0 Å². The van der Waals surface area contributed by atoms with E-state index in [1.54, 1.807) is 42.5 Å². The van der Waals surface area contributed by atoms with Gasteiger partial charge in [-0.25, -0.2) is 0 Å². The topological polar surface area (TPSA) is 83.8 Å². The molecular formula is C23H19NO4. The van der Waals surface area contributed by atoms with Crippen molar-refractivity contribution in [3.05, 3.63) is 76.1 Å². The molecule has 2 aromatic carbocycles. The molecule has 2 aliphatic carbocycles. The van der Waals surface area contributed by atoms with E-state index in [0.29, 0.717) is 40.8 Å². The number of aliphatic hydroxyl groups excluding tert-OH is 1. The van der Waals surface area contributed by atoms with Crippen LogP contribution in [0.4, 0.5) is 5.69 Å². The molecule has 0 spiro atoms. The third kappa shape index (κ3) is 2.99. The van der Waals surface area contributed by atoms with Gasteiger partial charge in [0.15, 0.2) is 17.3 Å². The summed E-state index contributed by atoms with van der Waals surface area (Å²) >= 11 is 0. The zero-order valence-corrected chi connectivity index (χ0v) is 15.7. The summed E-state index contributed by atoms with van der Waals surface area (Å²) in [5, 5.41) is 10.2. The van der Waals surface area contributed by atoms with Gasteiger partial charge in [0, 0.05) is 41.3 Å². The van der Waals surface area contributed by atoms with Crippen molar-refractivity contribution in [3.63, 3.8) is 0 Å². The van der Waals surface area contributed by atoms with Crippen molar-refractivity contribution in [2.45, 2.75) is 26.7 Å². The summed E-state index contributed by atoms with van der Waals surface area (Å²) in [4.78, 5) is 42.0. The molecule has 1 N–H and O–H groups in total. The SMILES string of the molecule is CC1(C)CC(=O)C(C=Nc2ccc3c(c2)C(=O)c2ccccc2C3=O)=C(O)C1. The maximum Gasteiger partial charge on any atom is 0.194 e. The number of ketones is 3. The predicted molar refractivity (Wildman–Crippen MR) is 106 cm³/mol. The summed E-state index contributed by atoms with van der Waals surface area (Å²) in [7, 11) is 0. The lowest BCUT2D eigenvalue weighted by Gasteiger charge is -2.28. The fourth-order valence-corrected chi connectivity index (χ4v) is 3.76. The molecule has 0 fully saturated rings. The van der Waals surface area contributed by atoms with Crippen LogP contribution in [0.25, 0.3) is 0 Å². The summed E-state index contributed by atoms with van der Waals surface area (Å²) in [6.45, 7) is 3.86. The largest absolute Gasteiger partial charge is 0.511 e. The Kier molecular flexibility index (Phi) is 4.11. The second kappa shape index (κ2) is 6.37. The first-order valence-electron chi connectivity index (χ1n) is 9.09. The molecular weight excluding hydrogens is 354 g/mol. The van der Waals surface area contributed by atoms with E-state index in [2.05, 4.69) is 4.99 Å². The van der Waals surface area contributed by atoms with Crippen molar-refractivity contribution >= 4 is 29.3 Å². The summed E-state index contributed by atoms with van der Waals surface area (Å²) in [5.74, 6) is -0.538. The highest BCUT2D eigenvalue weighted by molar-refractivity contribution is 6.28. The molecule has 2 aliphatic rings. The number of hydrogen-bond acceptors (Lipinski definition) is 5. The van der Waals surface area contributed by atoms with E-state index in [-0.39, 0.29) is 34.1 Å². The highest BCUT2D eigenvalue weighted by Gasteiger charge is 2.32. The van der Waals surface area contributed by atoms with Crippen LogP contribution in [0, 0.1) is 5.41 Å². The summed E-state index contributed by atoms with van der Waals surface area (Å²) < 4.78 is 0. The lowest BCUT2D eigenvalue weighted by atomic mass is 9.77.